The summed E-state index contributed by atoms with van der Waals surface area (Å²) in [6.45, 7) is 1.58. The number of aliphatic hydroxyl groups is 1. The van der Waals surface area contributed by atoms with E-state index in [0.717, 1.165) is 5.56 Å². The van der Waals surface area contributed by atoms with Gasteiger partial charge in [-0.2, -0.15) is 0 Å². The molecule has 2 N–H and O–H groups in total. The minimum Gasteiger partial charge on any atom is -0.388 e. The maximum absolute atomic E-state index is 11.5. The van der Waals surface area contributed by atoms with Crippen molar-refractivity contribution >= 4 is 5.91 Å². The Labute approximate surface area is 146 Å². The Kier molecular flexibility index (Phi) is 5.68. The van der Waals surface area contributed by atoms with E-state index >= 15 is 0 Å². The van der Waals surface area contributed by atoms with Crippen LogP contribution in [0.15, 0.2) is 30.3 Å². The van der Waals surface area contributed by atoms with Crippen LogP contribution >= 0.6 is 0 Å². The van der Waals surface area contributed by atoms with Gasteiger partial charge in [0.25, 0.3) is 0 Å². The normalized spacial score (nSPS) is 34.6. The summed E-state index contributed by atoms with van der Waals surface area (Å²) in [5.41, 5.74) is 0.843. The summed E-state index contributed by atoms with van der Waals surface area (Å²) in [5, 5.41) is 13.4. The van der Waals surface area contributed by atoms with Crippen molar-refractivity contribution in [3.63, 3.8) is 0 Å². The van der Waals surface area contributed by atoms with Gasteiger partial charge in [-0.25, -0.2) is 0 Å². The third-order valence-corrected chi connectivity index (χ3v) is 4.14. The van der Waals surface area contributed by atoms with Crippen molar-refractivity contribution < 1.29 is 28.8 Å². The largest absolute Gasteiger partial charge is 0.388 e. The van der Waals surface area contributed by atoms with Gasteiger partial charge >= 0.3 is 0 Å². The van der Waals surface area contributed by atoms with E-state index in [1.165, 1.54) is 6.92 Å². The lowest BCUT2D eigenvalue weighted by Crippen LogP contribution is -2.66. The molecule has 2 heterocycles. The molecule has 0 aromatic heterocycles. The Morgan fingerprint density at radius 2 is 2.16 bits per heavy atom. The van der Waals surface area contributed by atoms with Crippen molar-refractivity contribution in [2.45, 2.75) is 43.9 Å². The second kappa shape index (κ2) is 7.95. The summed E-state index contributed by atoms with van der Waals surface area (Å²) in [5.74, 6) is 2.03. The van der Waals surface area contributed by atoms with Crippen LogP contribution in [0.2, 0.25) is 0 Å². The topological polar surface area (TPSA) is 86.2 Å². The average Bonchev–Trinajstić information content (AvgIpc) is 2.63. The van der Waals surface area contributed by atoms with Crippen LogP contribution in [0.1, 0.15) is 18.8 Å². The van der Waals surface area contributed by atoms with Gasteiger partial charge in [-0.15, -0.1) is 6.42 Å². The van der Waals surface area contributed by atoms with Crippen molar-refractivity contribution in [3.8, 4) is 12.3 Å². The highest BCUT2D eigenvalue weighted by Gasteiger charge is 2.50. The molecule has 2 aliphatic heterocycles. The number of ether oxygens (including phenoxy) is 4. The first-order chi connectivity index (χ1) is 12.1. The number of amides is 1. The maximum atomic E-state index is 11.5. The number of carbonyl (C=O) groups excluding carboxylic acids is 1. The zero-order chi connectivity index (χ0) is 17.8. The quantitative estimate of drug-likeness (QED) is 0.764. The Bertz CT molecular complexity index is 630. The minimum absolute atomic E-state index is 0.000781. The molecule has 3 rings (SSSR count). The molecule has 1 amide bonds. The highest BCUT2D eigenvalue weighted by molar-refractivity contribution is 5.73. The minimum atomic E-state index is -1.03. The average molecular weight is 347 g/mol. The number of benzene rings is 1. The van der Waals surface area contributed by atoms with Crippen molar-refractivity contribution in [2.75, 3.05) is 13.2 Å². The van der Waals surface area contributed by atoms with E-state index < -0.39 is 36.9 Å². The van der Waals surface area contributed by atoms with Crippen molar-refractivity contribution in [1.29, 1.82) is 0 Å². The lowest BCUT2D eigenvalue weighted by molar-refractivity contribution is -0.342. The van der Waals surface area contributed by atoms with Gasteiger partial charge in [-0.1, -0.05) is 36.3 Å². The van der Waals surface area contributed by atoms with Crippen LogP contribution in [0.3, 0.4) is 0 Å². The molecule has 2 aliphatic rings. The molecule has 2 fully saturated rings. The SMILES string of the molecule is C#CCO[C@@H]1OC2COC(c3ccccc3)O[C@H]2C(O)[C@@H]1NC(C)=O. The van der Waals surface area contributed by atoms with Gasteiger partial charge in [0.2, 0.25) is 5.91 Å². The first-order valence-electron chi connectivity index (χ1n) is 8.08. The van der Waals surface area contributed by atoms with Gasteiger partial charge in [-0.3, -0.25) is 4.79 Å². The summed E-state index contributed by atoms with van der Waals surface area (Å²) in [7, 11) is 0. The summed E-state index contributed by atoms with van der Waals surface area (Å²) in [4.78, 5) is 11.5. The van der Waals surface area contributed by atoms with E-state index in [9.17, 15) is 9.90 Å². The molecular weight excluding hydrogens is 326 g/mol. The standard InChI is InChI=1S/C18H21NO6/c1-3-9-22-18-14(19-11(2)20)15(21)16-13(24-18)10-23-17(25-16)12-7-5-4-6-8-12/h1,4-8,13-18,21H,9-10H2,2H3,(H,19,20)/t13?,14-,15?,16+,17?,18+/m0/s1. The lowest BCUT2D eigenvalue weighted by atomic mass is 9.95. The summed E-state index contributed by atoms with van der Waals surface area (Å²) < 4.78 is 22.9. The Hall–Kier alpha value is -1.95. The van der Waals surface area contributed by atoms with Crippen molar-refractivity contribution in [2.24, 2.45) is 0 Å². The predicted molar refractivity (Wildman–Crippen MR) is 87.1 cm³/mol. The van der Waals surface area contributed by atoms with Crippen LogP contribution in [0, 0.1) is 12.3 Å². The van der Waals surface area contributed by atoms with Crippen molar-refractivity contribution in [3.05, 3.63) is 35.9 Å². The van der Waals surface area contributed by atoms with Crippen LogP contribution in [0.4, 0.5) is 0 Å². The molecule has 0 saturated carbocycles. The van der Waals surface area contributed by atoms with Crippen LogP contribution in [0.5, 0.6) is 0 Å². The van der Waals surface area contributed by atoms with Crippen molar-refractivity contribution in [1.82, 2.24) is 5.32 Å². The number of aliphatic hydroxyl groups excluding tert-OH is 1. The van der Waals surface area contributed by atoms with E-state index in [4.69, 9.17) is 25.4 Å². The van der Waals surface area contributed by atoms with Gasteiger partial charge in [0, 0.05) is 12.5 Å². The van der Waals surface area contributed by atoms with Gasteiger partial charge in [0.05, 0.1) is 6.61 Å². The van der Waals surface area contributed by atoms with E-state index in [0.29, 0.717) is 0 Å². The molecule has 0 bridgehead atoms. The van der Waals surface area contributed by atoms with Crippen LogP contribution in [-0.4, -0.2) is 54.9 Å². The zero-order valence-electron chi connectivity index (χ0n) is 13.8. The maximum Gasteiger partial charge on any atom is 0.217 e. The van der Waals surface area contributed by atoms with E-state index in [2.05, 4.69) is 11.2 Å². The number of nitrogens with one attached hydrogen (secondary N) is 1. The first kappa shape index (κ1) is 17.9. The van der Waals surface area contributed by atoms with Gasteiger partial charge < -0.3 is 29.4 Å². The molecule has 1 aromatic carbocycles. The molecule has 0 aliphatic carbocycles. The summed E-state index contributed by atoms with van der Waals surface area (Å²) in [6, 6.07) is 8.63. The predicted octanol–water partition coefficient (Wildman–Crippen LogP) is 0.341. The highest BCUT2D eigenvalue weighted by atomic mass is 16.7. The number of terminal acetylenes is 1. The van der Waals surface area contributed by atoms with Gasteiger partial charge in [0.15, 0.2) is 12.6 Å². The fourth-order valence-electron chi connectivity index (χ4n) is 3.03. The molecule has 3 unspecified atom stereocenters. The third kappa shape index (κ3) is 4.00. The smallest absolute Gasteiger partial charge is 0.217 e. The van der Waals surface area contributed by atoms with E-state index in [1.807, 2.05) is 30.3 Å². The molecular formula is C18H21NO6. The second-order valence-corrected chi connectivity index (χ2v) is 5.95. The monoisotopic (exact) mass is 347 g/mol. The fraction of sp³-hybridized carbons (Fsp3) is 0.500. The van der Waals surface area contributed by atoms with Crippen LogP contribution in [0.25, 0.3) is 0 Å². The second-order valence-electron chi connectivity index (χ2n) is 5.95. The zero-order valence-corrected chi connectivity index (χ0v) is 13.8. The first-order valence-corrected chi connectivity index (χ1v) is 8.08. The van der Waals surface area contributed by atoms with E-state index in [1.54, 1.807) is 0 Å². The molecule has 0 radical (unpaired) electrons. The Balaban J connectivity index is 1.75. The summed E-state index contributed by atoms with van der Waals surface area (Å²) in [6.07, 6.45) is 1.51. The molecule has 2 saturated heterocycles. The molecule has 25 heavy (non-hydrogen) atoms. The van der Waals surface area contributed by atoms with Crippen LogP contribution in [-0.2, 0) is 23.7 Å². The third-order valence-electron chi connectivity index (χ3n) is 4.14. The molecule has 134 valence electrons. The van der Waals surface area contributed by atoms with E-state index in [-0.39, 0.29) is 19.1 Å². The number of hydrogen-bond donors (Lipinski definition) is 2. The summed E-state index contributed by atoms with van der Waals surface area (Å²) >= 11 is 0. The fourth-order valence-corrected chi connectivity index (χ4v) is 3.03. The Morgan fingerprint density at radius 3 is 2.84 bits per heavy atom. The highest BCUT2D eigenvalue weighted by Crippen LogP contribution is 2.34. The number of carbonyl (C=O) groups is 1. The molecule has 6 atom stereocenters. The Morgan fingerprint density at radius 1 is 1.40 bits per heavy atom. The number of hydrogen-bond acceptors (Lipinski definition) is 6. The van der Waals surface area contributed by atoms with Crippen LogP contribution < -0.4 is 5.32 Å². The van der Waals surface area contributed by atoms with Gasteiger partial charge in [0.1, 0.15) is 31.0 Å². The lowest BCUT2D eigenvalue weighted by Gasteiger charge is -2.47. The molecule has 0 spiro atoms. The molecule has 7 heteroatoms. The van der Waals surface area contributed by atoms with Gasteiger partial charge in [-0.05, 0) is 0 Å². The number of fused-ring (bicyclic) bond motifs is 1. The molecule has 1 aromatic rings. The molecule has 7 nitrogen and oxygen atoms in total. The number of rotatable bonds is 4.